The third-order valence-corrected chi connectivity index (χ3v) is 5.71. The minimum atomic E-state index is -0.0320. The molecule has 2 aliphatic heterocycles. The monoisotopic (exact) mass is 365 g/mol. The number of fused-ring (bicyclic) bond motifs is 2. The second kappa shape index (κ2) is 7.61. The maximum absolute atomic E-state index is 11.2. The standard InChI is InChI=1S/C22H27N3O2/c1-16(26)23-18-5-3-17(4-6-18)13-25-20-7-8-21(25)15-24(14-20)19-9-11-22(27-2)12-10-19/h3-6,9-12,20-21H,7-8,13-15H2,1-2H3,(H,23,26). The molecule has 1 amide bonds. The average Bonchev–Trinajstić information content (AvgIpc) is 2.90. The number of rotatable bonds is 5. The van der Waals surface area contributed by atoms with Gasteiger partial charge in [0.15, 0.2) is 0 Å². The molecule has 0 aliphatic carbocycles. The molecule has 2 saturated heterocycles. The number of methoxy groups -OCH3 is 1. The van der Waals surface area contributed by atoms with Crippen LogP contribution in [0.2, 0.25) is 0 Å². The topological polar surface area (TPSA) is 44.8 Å². The van der Waals surface area contributed by atoms with E-state index in [0.29, 0.717) is 12.1 Å². The molecule has 1 N–H and O–H groups in total. The van der Waals surface area contributed by atoms with E-state index in [4.69, 9.17) is 4.74 Å². The second-order valence-corrected chi connectivity index (χ2v) is 7.54. The molecule has 4 rings (SSSR count). The predicted molar refractivity (Wildman–Crippen MR) is 108 cm³/mol. The summed E-state index contributed by atoms with van der Waals surface area (Å²) in [7, 11) is 1.71. The van der Waals surface area contributed by atoms with E-state index in [-0.39, 0.29) is 5.91 Å². The van der Waals surface area contributed by atoms with Gasteiger partial charge in [-0.2, -0.15) is 0 Å². The third kappa shape index (κ3) is 3.93. The molecule has 2 heterocycles. The van der Waals surface area contributed by atoms with Crippen molar-refractivity contribution in [2.75, 3.05) is 30.4 Å². The van der Waals surface area contributed by atoms with Gasteiger partial charge in [0, 0.05) is 50.0 Å². The normalized spacial score (nSPS) is 21.9. The molecule has 142 valence electrons. The summed E-state index contributed by atoms with van der Waals surface area (Å²) in [5, 5.41) is 2.83. The molecule has 2 aromatic carbocycles. The Labute approximate surface area is 160 Å². The highest BCUT2D eigenvalue weighted by Gasteiger charge is 2.39. The summed E-state index contributed by atoms with van der Waals surface area (Å²) in [5.41, 5.74) is 3.45. The minimum absolute atomic E-state index is 0.0320. The Hall–Kier alpha value is -2.53. The first-order chi connectivity index (χ1) is 13.1. The van der Waals surface area contributed by atoms with E-state index in [1.165, 1.54) is 31.0 Å². The number of nitrogens with one attached hydrogen (secondary N) is 1. The number of carbonyl (C=O) groups is 1. The Morgan fingerprint density at radius 3 is 2.22 bits per heavy atom. The number of hydrogen-bond acceptors (Lipinski definition) is 4. The van der Waals surface area contributed by atoms with Crippen molar-refractivity contribution in [2.24, 2.45) is 0 Å². The summed E-state index contributed by atoms with van der Waals surface area (Å²) >= 11 is 0. The van der Waals surface area contributed by atoms with Crippen molar-refractivity contribution in [3.8, 4) is 5.75 Å². The second-order valence-electron chi connectivity index (χ2n) is 7.54. The van der Waals surface area contributed by atoms with Gasteiger partial charge in [0.05, 0.1) is 7.11 Å². The number of piperazine rings is 1. The van der Waals surface area contributed by atoms with Crippen LogP contribution in [0.1, 0.15) is 25.3 Å². The number of benzene rings is 2. The lowest BCUT2D eigenvalue weighted by Gasteiger charge is -2.42. The van der Waals surface area contributed by atoms with E-state index >= 15 is 0 Å². The van der Waals surface area contributed by atoms with Crippen LogP contribution >= 0.6 is 0 Å². The van der Waals surface area contributed by atoms with Gasteiger partial charge in [0.2, 0.25) is 5.91 Å². The Balaban J connectivity index is 1.41. The maximum atomic E-state index is 11.2. The van der Waals surface area contributed by atoms with Gasteiger partial charge < -0.3 is 15.0 Å². The smallest absolute Gasteiger partial charge is 0.221 e. The zero-order chi connectivity index (χ0) is 18.8. The summed E-state index contributed by atoms with van der Waals surface area (Å²) in [4.78, 5) is 16.3. The molecule has 2 fully saturated rings. The third-order valence-electron chi connectivity index (χ3n) is 5.71. The molecular weight excluding hydrogens is 338 g/mol. The largest absolute Gasteiger partial charge is 0.497 e. The highest BCUT2D eigenvalue weighted by atomic mass is 16.5. The number of hydrogen-bond donors (Lipinski definition) is 1. The van der Waals surface area contributed by atoms with Crippen LogP contribution in [0.4, 0.5) is 11.4 Å². The van der Waals surface area contributed by atoms with Crippen molar-refractivity contribution in [2.45, 2.75) is 38.4 Å². The van der Waals surface area contributed by atoms with Crippen LogP contribution in [0.25, 0.3) is 0 Å². The summed E-state index contributed by atoms with van der Waals surface area (Å²) in [6.07, 6.45) is 2.53. The van der Waals surface area contributed by atoms with Gasteiger partial charge in [-0.15, -0.1) is 0 Å². The van der Waals surface area contributed by atoms with Crippen molar-refractivity contribution in [1.82, 2.24) is 4.90 Å². The number of carbonyl (C=O) groups excluding carboxylic acids is 1. The lowest BCUT2D eigenvalue weighted by Crippen LogP contribution is -2.53. The maximum Gasteiger partial charge on any atom is 0.221 e. The van der Waals surface area contributed by atoms with Gasteiger partial charge >= 0.3 is 0 Å². The molecule has 5 heteroatoms. The summed E-state index contributed by atoms with van der Waals surface area (Å²) in [6, 6.07) is 17.8. The SMILES string of the molecule is COc1ccc(N2CC3CCC(C2)N3Cc2ccc(NC(C)=O)cc2)cc1. The first-order valence-corrected chi connectivity index (χ1v) is 9.63. The van der Waals surface area contributed by atoms with Gasteiger partial charge in [-0.25, -0.2) is 0 Å². The summed E-state index contributed by atoms with van der Waals surface area (Å²) < 4.78 is 5.27. The predicted octanol–water partition coefficient (Wildman–Crippen LogP) is 3.51. The molecule has 2 aliphatic rings. The summed E-state index contributed by atoms with van der Waals surface area (Å²) in [5.74, 6) is 0.874. The fourth-order valence-corrected chi connectivity index (χ4v) is 4.36. The highest BCUT2D eigenvalue weighted by molar-refractivity contribution is 5.88. The molecule has 0 saturated carbocycles. The van der Waals surface area contributed by atoms with Gasteiger partial charge in [-0.05, 0) is 54.8 Å². The summed E-state index contributed by atoms with van der Waals surface area (Å²) in [6.45, 7) is 4.67. The molecular formula is C22H27N3O2. The number of ether oxygens (including phenoxy) is 1. The van der Waals surface area contributed by atoms with E-state index in [0.717, 1.165) is 31.1 Å². The van der Waals surface area contributed by atoms with Crippen molar-refractivity contribution < 1.29 is 9.53 Å². The zero-order valence-electron chi connectivity index (χ0n) is 16.0. The Morgan fingerprint density at radius 2 is 1.67 bits per heavy atom. The molecule has 27 heavy (non-hydrogen) atoms. The van der Waals surface area contributed by atoms with E-state index in [1.54, 1.807) is 7.11 Å². The first kappa shape index (κ1) is 17.9. The van der Waals surface area contributed by atoms with E-state index in [2.05, 4.69) is 39.4 Å². The zero-order valence-corrected chi connectivity index (χ0v) is 16.0. The van der Waals surface area contributed by atoms with E-state index in [1.807, 2.05) is 24.3 Å². The number of amides is 1. The quantitative estimate of drug-likeness (QED) is 0.881. The molecule has 2 bridgehead atoms. The first-order valence-electron chi connectivity index (χ1n) is 9.63. The van der Waals surface area contributed by atoms with Crippen molar-refractivity contribution >= 4 is 17.3 Å². The van der Waals surface area contributed by atoms with Crippen LogP contribution < -0.4 is 15.0 Å². The highest BCUT2D eigenvalue weighted by Crippen LogP contribution is 2.34. The van der Waals surface area contributed by atoms with Gasteiger partial charge in [0.25, 0.3) is 0 Å². The fraction of sp³-hybridized carbons (Fsp3) is 0.409. The molecule has 0 spiro atoms. The van der Waals surface area contributed by atoms with Gasteiger partial charge in [-0.1, -0.05) is 12.1 Å². The fourth-order valence-electron chi connectivity index (χ4n) is 4.36. The molecule has 2 atom stereocenters. The van der Waals surface area contributed by atoms with Crippen LogP contribution in [0.15, 0.2) is 48.5 Å². The molecule has 0 radical (unpaired) electrons. The van der Waals surface area contributed by atoms with Gasteiger partial charge in [0.1, 0.15) is 5.75 Å². The van der Waals surface area contributed by atoms with E-state index in [9.17, 15) is 4.79 Å². The number of nitrogens with zero attached hydrogens (tertiary/aromatic N) is 2. The average molecular weight is 365 g/mol. The van der Waals surface area contributed by atoms with Crippen molar-refractivity contribution in [3.63, 3.8) is 0 Å². The van der Waals surface area contributed by atoms with Crippen molar-refractivity contribution in [3.05, 3.63) is 54.1 Å². The molecule has 2 unspecified atom stereocenters. The lowest BCUT2D eigenvalue weighted by molar-refractivity contribution is -0.114. The Bertz CT molecular complexity index is 774. The van der Waals surface area contributed by atoms with Crippen molar-refractivity contribution in [1.29, 1.82) is 0 Å². The van der Waals surface area contributed by atoms with Crippen LogP contribution in [-0.4, -0.2) is 43.1 Å². The van der Waals surface area contributed by atoms with Crippen LogP contribution in [0.3, 0.4) is 0 Å². The van der Waals surface area contributed by atoms with E-state index < -0.39 is 0 Å². The van der Waals surface area contributed by atoms with Crippen LogP contribution in [0, 0.1) is 0 Å². The van der Waals surface area contributed by atoms with Gasteiger partial charge in [-0.3, -0.25) is 9.69 Å². The minimum Gasteiger partial charge on any atom is -0.497 e. The Kier molecular flexibility index (Phi) is 5.03. The van der Waals surface area contributed by atoms with Crippen LogP contribution in [-0.2, 0) is 11.3 Å². The van der Waals surface area contributed by atoms with Crippen LogP contribution in [0.5, 0.6) is 5.75 Å². The molecule has 2 aromatic rings. The molecule has 5 nitrogen and oxygen atoms in total. The lowest BCUT2D eigenvalue weighted by atomic mass is 10.1. The number of anilines is 2. The molecule has 0 aromatic heterocycles. The Morgan fingerprint density at radius 1 is 1.04 bits per heavy atom.